The van der Waals surface area contributed by atoms with Gasteiger partial charge in [0, 0.05) is 27.0 Å². The van der Waals surface area contributed by atoms with Crippen LogP contribution in [0.2, 0.25) is 5.02 Å². The van der Waals surface area contributed by atoms with Gasteiger partial charge in [-0.15, -0.1) is 11.3 Å². The molecular weight excluding hydrogens is 378 g/mol. The molecule has 1 amide bonds. The SMILES string of the molecule is Cc1sc(CNC(=O)c2nccc3ccccc23)nc1-c1ccc(Cl)cc1. The molecule has 0 aliphatic rings. The zero-order valence-electron chi connectivity index (χ0n) is 14.6. The first-order valence-electron chi connectivity index (χ1n) is 8.46. The zero-order chi connectivity index (χ0) is 18.8. The second kappa shape index (κ2) is 7.47. The summed E-state index contributed by atoms with van der Waals surface area (Å²) in [5.74, 6) is -0.201. The standard InChI is InChI=1S/C21H16ClN3OS/c1-13-19(15-6-8-16(22)9-7-15)25-18(27-13)12-24-21(26)20-17-5-3-2-4-14(17)10-11-23-20/h2-11H,12H2,1H3,(H,24,26). The molecule has 0 atom stereocenters. The average molecular weight is 394 g/mol. The molecule has 0 aliphatic heterocycles. The van der Waals surface area contributed by atoms with Crippen LogP contribution in [0.4, 0.5) is 0 Å². The number of halogens is 1. The highest BCUT2D eigenvalue weighted by molar-refractivity contribution is 7.12. The number of carbonyl (C=O) groups excluding carboxylic acids is 1. The molecule has 0 saturated carbocycles. The first kappa shape index (κ1) is 17.6. The molecule has 0 fully saturated rings. The van der Waals surface area contributed by atoms with E-state index in [1.165, 1.54) is 0 Å². The lowest BCUT2D eigenvalue weighted by Gasteiger charge is -2.06. The summed E-state index contributed by atoms with van der Waals surface area (Å²) < 4.78 is 0. The van der Waals surface area contributed by atoms with E-state index >= 15 is 0 Å². The van der Waals surface area contributed by atoms with Crippen LogP contribution in [0.5, 0.6) is 0 Å². The van der Waals surface area contributed by atoms with Gasteiger partial charge in [0.15, 0.2) is 0 Å². The number of benzene rings is 2. The van der Waals surface area contributed by atoms with Gasteiger partial charge in [0.2, 0.25) is 0 Å². The van der Waals surface area contributed by atoms with Crippen molar-refractivity contribution in [1.29, 1.82) is 0 Å². The van der Waals surface area contributed by atoms with E-state index in [9.17, 15) is 4.79 Å². The van der Waals surface area contributed by atoms with E-state index in [0.717, 1.165) is 31.9 Å². The van der Waals surface area contributed by atoms with Crippen LogP contribution < -0.4 is 5.32 Å². The fourth-order valence-corrected chi connectivity index (χ4v) is 3.96. The quantitative estimate of drug-likeness (QED) is 0.515. The number of amides is 1. The van der Waals surface area contributed by atoms with E-state index in [1.54, 1.807) is 17.5 Å². The molecule has 4 rings (SSSR count). The van der Waals surface area contributed by atoms with Crippen molar-refractivity contribution in [2.75, 3.05) is 0 Å². The predicted octanol–water partition coefficient (Wildman–Crippen LogP) is 5.25. The molecular formula is C21H16ClN3OS. The van der Waals surface area contributed by atoms with Crippen LogP contribution in [-0.4, -0.2) is 15.9 Å². The van der Waals surface area contributed by atoms with Gasteiger partial charge in [-0.3, -0.25) is 9.78 Å². The number of pyridine rings is 1. The van der Waals surface area contributed by atoms with E-state index in [-0.39, 0.29) is 5.91 Å². The molecule has 0 unspecified atom stereocenters. The van der Waals surface area contributed by atoms with Crippen molar-refractivity contribution in [3.63, 3.8) is 0 Å². The molecule has 4 nitrogen and oxygen atoms in total. The fourth-order valence-electron chi connectivity index (χ4n) is 2.94. The summed E-state index contributed by atoms with van der Waals surface area (Å²) in [5, 5.41) is 6.32. The molecule has 0 aliphatic carbocycles. The molecule has 6 heteroatoms. The lowest BCUT2D eigenvalue weighted by Crippen LogP contribution is -2.24. The van der Waals surface area contributed by atoms with Crippen molar-refractivity contribution >= 4 is 39.6 Å². The Balaban J connectivity index is 1.53. The molecule has 4 aromatic rings. The van der Waals surface area contributed by atoms with E-state index in [0.29, 0.717) is 17.3 Å². The van der Waals surface area contributed by atoms with Crippen molar-refractivity contribution in [1.82, 2.24) is 15.3 Å². The summed E-state index contributed by atoms with van der Waals surface area (Å²) in [5.41, 5.74) is 2.37. The first-order chi connectivity index (χ1) is 13.1. The predicted molar refractivity (Wildman–Crippen MR) is 110 cm³/mol. The number of nitrogens with one attached hydrogen (secondary N) is 1. The summed E-state index contributed by atoms with van der Waals surface area (Å²) in [4.78, 5) is 22.7. The number of hydrogen-bond donors (Lipinski definition) is 1. The number of hydrogen-bond acceptors (Lipinski definition) is 4. The van der Waals surface area contributed by atoms with Gasteiger partial charge in [-0.2, -0.15) is 0 Å². The van der Waals surface area contributed by atoms with Crippen molar-refractivity contribution in [3.8, 4) is 11.3 Å². The normalized spacial score (nSPS) is 10.9. The van der Waals surface area contributed by atoms with E-state index in [1.807, 2.05) is 61.5 Å². The van der Waals surface area contributed by atoms with Crippen LogP contribution in [-0.2, 0) is 6.54 Å². The van der Waals surface area contributed by atoms with Crippen molar-refractivity contribution in [2.24, 2.45) is 0 Å². The minimum atomic E-state index is -0.201. The second-order valence-electron chi connectivity index (χ2n) is 6.08. The van der Waals surface area contributed by atoms with Gasteiger partial charge >= 0.3 is 0 Å². The molecule has 1 N–H and O–H groups in total. The molecule has 27 heavy (non-hydrogen) atoms. The Kier molecular flexibility index (Phi) is 4.88. The van der Waals surface area contributed by atoms with E-state index < -0.39 is 0 Å². The first-order valence-corrected chi connectivity index (χ1v) is 9.65. The maximum atomic E-state index is 12.6. The third kappa shape index (κ3) is 3.70. The van der Waals surface area contributed by atoms with Crippen LogP contribution in [0.15, 0.2) is 60.8 Å². The van der Waals surface area contributed by atoms with Gasteiger partial charge in [0.1, 0.15) is 10.7 Å². The minimum Gasteiger partial charge on any atom is -0.344 e. The van der Waals surface area contributed by atoms with Gasteiger partial charge in [0.25, 0.3) is 5.91 Å². The van der Waals surface area contributed by atoms with Crippen LogP contribution in [0, 0.1) is 6.92 Å². The fraction of sp³-hybridized carbons (Fsp3) is 0.0952. The van der Waals surface area contributed by atoms with Gasteiger partial charge in [-0.1, -0.05) is 48.0 Å². The van der Waals surface area contributed by atoms with Crippen LogP contribution in [0.1, 0.15) is 20.4 Å². The number of fused-ring (bicyclic) bond motifs is 1. The number of aromatic nitrogens is 2. The van der Waals surface area contributed by atoms with E-state index in [4.69, 9.17) is 11.6 Å². The lowest BCUT2D eigenvalue weighted by atomic mass is 10.1. The van der Waals surface area contributed by atoms with Crippen LogP contribution >= 0.6 is 22.9 Å². The molecule has 2 aromatic heterocycles. The monoisotopic (exact) mass is 393 g/mol. The lowest BCUT2D eigenvalue weighted by molar-refractivity contribution is 0.0947. The van der Waals surface area contributed by atoms with Gasteiger partial charge in [-0.25, -0.2) is 4.98 Å². The zero-order valence-corrected chi connectivity index (χ0v) is 16.1. The minimum absolute atomic E-state index is 0.201. The molecule has 0 saturated heterocycles. The van der Waals surface area contributed by atoms with Crippen molar-refractivity contribution in [3.05, 3.63) is 81.4 Å². The Bertz CT molecular complexity index is 1120. The highest BCUT2D eigenvalue weighted by Crippen LogP contribution is 2.28. The maximum Gasteiger partial charge on any atom is 0.270 e. The summed E-state index contributed by atoms with van der Waals surface area (Å²) in [7, 11) is 0. The number of thiazole rings is 1. The molecule has 2 heterocycles. The van der Waals surface area contributed by atoms with Gasteiger partial charge < -0.3 is 5.32 Å². The van der Waals surface area contributed by atoms with Crippen molar-refractivity contribution in [2.45, 2.75) is 13.5 Å². The van der Waals surface area contributed by atoms with Gasteiger partial charge in [0.05, 0.1) is 12.2 Å². The number of rotatable bonds is 4. The number of nitrogens with zero attached hydrogens (tertiary/aromatic N) is 2. The molecule has 0 spiro atoms. The maximum absolute atomic E-state index is 12.6. The Labute approximate surface area is 165 Å². The topological polar surface area (TPSA) is 54.9 Å². The smallest absolute Gasteiger partial charge is 0.270 e. The second-order valence-corrected chi connectivity index (χ2v) is 7.81. The van der Waals surface area contributed by atoms with Gasteiger partial charge in [-0.05, 0) is 30.5 Å². The summed E-state index contributed by atoms with van der Waals surface area (Å²) in [6.07, 6.45) is 1.66. The largest absolute Gasteiger partial charge is 0.344 e. The summed E-state index contributed by atoms with van der Waals surface area (Å²) in [6, 6.07) is 17.2. The highest BCUT2D eigenvalue weighted by atomic mass is 35.5. The van der Waals surface area contributed by atoms with Crippen LogP contribution in [0.25, 0.3) is 22.0 Å². The molecule has 0 radical (unpaired) electrons. The Morgan fingerprint density at radius 2 is 1.89 bits per heavy atom. The molecule has 0 bridgehead atoms. The Morgan fingerprint density at radius 3 is 2.70 bits per heavy atom. The Hall–Kier alpha value is -2.76. The van der Waals surface area contributed by atoms with Crippen LogP contribution in [0.3, 0.4) is 0 Å². The molecule has 2 aromatic carbocycles. The van der Waals surface area contributed by atoms with E-state index in [2.05, 4.69) is 15.3 Å². The summed E-state index contributed by atoms with van der Waals surface area (Å²) >= 11 is 7.53. The average Bonchev–Trinajstić information content (AvgIpc) is 3.07. The Morgan fingerprint density at radius 1 is 1.11 bits per heavy atom. The third-order valence-corrected chi connectivity index (χ3v) is 5.47. The van der Waals surface area contributed by atoms with Crippen molar-refractivity contribution < 1.29 is 4.79 Å². The molecule has 134 valence electrons. The highest BCUT2D eigenvalue weighted by Gasteiger charge is 2.14. The third-order valence-electron chi connectivity index (χ3n) is 4.25. The summed E-state index contributed by atoms with van der Waals surface area (Å²) in [6.45, 7) is 2.39. The number of aryl methyl sites for hydroxylation is 1. The number of carbonyl (C=O) groups is 1.